The van der Waals surface area contributed by atoms with Gasteiger partial charge >= 0.3 is 0 Å². The van der Waals surface area contributed by atoms with E-state index in [9.17, 15) is 0 Å². The minimum Gasteiger partial charge on any atom is -0.310 e. The van der Waals surface area contributed by atoms with Crippen molar-refractivity contribution in [3.05, 3.63) is 47.3 Å². The summed E-state index contributed by atoms with van der Waals surface area (Å²) >= 11 is 0. The van der Waals surface area contributed by atoms with Crippen LogP contribution >= 0.6 is 0 Å². The van der Waals surface area contributed by atoms with E-state index in [1.807, 2.05) is 10.9 Å². The lowest BCUT2D eigenvalue weighted by atomic mass is 10.1. The molecule has 0 fully saturated rings. The number of nitrogens with zero attached hydrogens (tertiary/aromatic N) is 2. The topological polar surface area (TPSA) is 29.9 Å². The fraction of sp³-hybridized carbons (Fsp3) is 0.438. The summed E-state index contributed by atoms with van der Waals surface area (Å²) in [4.78, 5) is 0. The van der Waals surface area contributed by atoms with Crippen molar-refractivity contribution < 1.29 is 0 Å². The molecule has 2 rings (SSSR count). The van der Waals surface area contributed by atoms with Gasteiger partial charge in [-0.2, -0.15) is 5.10 Å². The highest BCUT2D eigenvalue weighted by atomic mass is 15.3. The molecule has 0 saturated heterocycles. The average molecular weight is 257 g/mol. The van der Waals surface area contributed by atoms with Crippen molar-refractivity contribution in [1.29, 1.82) is 0 Å². The summed E-state index contributed by atoms with van der Waals surface area (Å²) in [5, 5.41) is 8.05. The first-order chi connectivity index (χ1) is 9.13. The fourth-order valence-corrected chi connectivity index (χ4v) is 2.34. The van der Waals surface area contributed by atoms with E-state index in [4.69, 9.17) is 0 Å². The van der Waals surface area contributed by atoms with Gasteiger partial charge in [0.25, 0.3) is 0 Å². The van der Waals surface area contributed by atoms with Crippen LogP contribution in [0.2, 0.25) is 0 Å². The molecule has 1 N–H and O–H groups in total. The molecule has 1 aromatic carbocycles. The summed E-state index contributed by atoms with van der Waals surface area (Å²) in [7, 11) is 0. The van der Waals surface area contributed by atoms with Crippen LogP contribution in [-0.2, 0) is 0 Å². The van der Waals surface area contributed by atoms with E-state index in [0.717, 1.165) is 18.7 Å². The Labute approximate surface area is 115 Å². The van der Waals surface area contributed by atoms with Crippen LogP contribution in [0.5, 0.6) is 0 Å². The van der Waals surface area contributed by atoms with Crippen LogP contribution in [0.3, 0.4) is 0 Å². The van der Waals surface area contributed by atoms with Gasteiger partial charge in [0.15, 0.2) is 0 Å². The van der Waals surface area contributed by atoms with Gasteiger partial charge < -0.3 is 5.32 Å². The molecule has 102 valence electrons. The summed E-state index contributed by atoms with van der Waals surface area (Å²) < 4.78 is 2.02. The lowest BCUT2D eigenvalue weighted by Crippen LogP contribution is -2.19. The standard InChI is InChI=1S/C16H23N3/c1-5-9-17-13(3)16-11-18-19(14(16)4)15-8-6-7-12(2)10-15/h6-8,10-11,13,17H,5,9H2,1-4H3. The largest absolute Gasteiger partial charge is 0.310 e. The zero-order valence-corrected chi connectivity index (χ0v) is 12.3. The van der Waals surface area contributed by atoms with Crippen molar-refractivity contribution in [2.24, 2.45) is 0 Å². The Morgan fingerprint density at radius 2 is 2.11 bits per heavy atom. The first kappa shape index (κ1) is 13.8. The number of hydrogen-bond donors (Lipinski definition) is 1. The molecule has 0 aliphatic rings. The number of nitrogens with one attached hydrogen (secondary N) is 1. The molecule has 0 saturated carbocycles. The van der Waals surface area contributed by atoms with Crippen molar-refractivity contribution in [2.75, 3.05) is 6.54 Å². The van der Waals surface area contributed by atoms with Gasteiger partial charge in [0.2, 0.25) is 0 Å². The van der Waals surface area contributed by atoms with E-state index >= 15 is 0 Å². The maximum atomic E-state index is 4.53. The summed E-state index contributed by atoms with van der Waals surface area (Å²) in [5.74, 6) is 0. The fourth-order valence-electron chi connectivity index (χ4n) is 2.34. The molecule has 19 heavy (non-hydrogen) atoms. The van der Waals surface area contributed by atoms with Gasteiger partial charge in [-0.25, -0.2) is 4.68 Å². The van der Waals surface area contributed by atoms with Crippen LogP contribution in [0.25, 0.3) is 5.69 Å². The van der Waals surface area contributed by atoms with E-state index in [-0.39, 0.29) is 0 Å². The van der Waals surface area contributed by atoms with Gasteiger partial charge in [-0.15, -0.1) is 0 Å². The second-order valence-corrected chi connectivity index (χ2v) is 5.11. The SMILES string of the molecule is CCCNC(C)c1cnn(-c2cccc(C)c2)c1C. The number of aromatic nitrogens is 2. The number of aryl methyl sites for hydroxylation is 1. The van der Waals surface area contributed by atoms with Crippen LogP contribution < -0.4 is 5.32 Å². The molecule has 0 aliphatic carbocycles. The van der Waals surface area contributed by atoms with Crippen molar-refractivity contribution in [1.82, 2.24) is 15.1 Å². The summed E-state index contributed by atoms with van der Waals surface area (Å²) in [6.07, 6.45) is 3.13. The number of benzene rings is 1. The highest BCUT2D eigenvalue weighted by Crippen LogP contribution is 2.20. The van der Waals surface area contributed by atoms with E-state index in [1.165, 1.54) is 16.8 Å². The minimum absolute atomic E-state index is 0.346. The van der Waals surface area contributed by atoms with E-state index in [1.54, 1.807) is 0 Å². The molecule has 0 amide bonds. The Morgan fingerprint density at radius 3 is 2.79 bits per heavy atom. The van der Waals surface area contributed by atoms with Crippen molar-refractivity contribution in [3.63, 3.8) is 0 Å². The predicted molar refractivity (Wildman–Crippen MR) is 79.7 cm³/mol. The molecule has 1 heterocycles. The van der Waals surface area contributed by atoms with Crippen molar-refractivity contribution in [3.8, 4) is 5.69 Å². The monoisotopic (exact) mass is 257 g/mol. The zero-order chi connectivity index (χ0) is 13.8. The van der Waals surface area contributed by atoms with E-state index in [0.29, 0.717) is 6.04 Å². The van der Waals surface area contributed by atoms with E-state index < -0.39 is 0 Å². The Balaban J connectivity index is 2.27. The Kier molecular flexibility index (Phi) is 4.38. The number of rotatable bonds is 5. The quantitative estimate of drug-likeness (QED) is 0.887. The molecule has 1 atom stereocenters. The molecule has 0 aliphatic heterocycles. The summed E-state index contributed by atoms with van der Waals surface area (Å²) in [5.41, 5.74) is 4.87. The van der Waals surface area contributed by atoms with Crippen LogP contribution in [-0.4, -0.2) is 16.3 Å². The lowest BCUT2D eigenvalue weighted by molar-refractivity contribution is 0.568. The Bertz CT molecular complexity index is 543. The second-order valence-electron chi connectivity index (χ2n) is 5.11. The van der Waals surface area contributed by atoms with Gasteiger partial charge in [0.05, 0.1) is 11.9 Å². The van der Waals surface area contributed by atoms with Gasteiger partial charge in [0, 0.05) is 17.3 Å². The smallest absolute Gasteiger partial charge is 0.0651 e. The van der Waals surface area contributed by atoms with Crippen LogP contribution in [0.15, 0.2) is 30.5 Å². The normalized spacial score (nSPS) is 12.6. The molecule has 1 aromatic heterocycles. The molecule has 3 nitrogen and oxygen atoms in total. The molecule has 2 aromatic rings. The van der Waals surface area contributed by atoms with E-state index in [2.05, 4.69) is 62.4 Å². The van der Waals surface area contributed by atoms with Crippen LogP contribution in [0.1, 0.15) is 43.1 Å². The van der Waals surface area contributed by atoms with Gasteiger partial charge in [-0.05, 0) is 51.4 Å². The molecular weight excluding hydrogens is 234 g/mol. The number of hydrogen-bond acceptors (Lipinski definition) is 2. The molecule has 1 unspecified atom stereocenters. The first-order valence-corrected chi connectivity index (χ1v) is 6.98. The summed E-state index contributed by atoms with van der Waals surface area (Å²) in [6.45, 7) is 9.66. The Morgan fingerprint density at radius 1 is 1.32 bits per heavy atom. The predicted octanol–water partition coefficient (Wildman–Crippen LogP) is 3.55. The minimum atomic E-state index is 0.346. The molecule has 0 bridgehead atoms. The van der Waals surface area contributed by atoms with Gasteiger partial charge in [-0.3, -0.25) is 0 Å². The summed E-state index contributed by atoms with van der Waals surface area (Å²) in [6, 6.07) is 8.78. The van der Waals surface area contributed by atoms with Crippen LogP contribution in [0.4, 0.5) is 0 Å². The maximum absolute atomic E-state index is 4.53. The van der Waals surface area contributed by atoms with Crippen molar-refractivity contribution in [2.45, 2.75) is 40.2 Å². The average Bonchev–Trinajstić information content (AvgIpc) is 2.78. The third-order valence-corrected chi connectivity index (χ3v) is 3.46. The third kappa shape index (κ3) is 3.04. The third-order valence-electron chi connectivity index (χ3n) is 3.46. The maximum Gasteiger partial charge on any atom is 0.0651 e. The Hall–Kier alpha value is -1.61. The van der Waals surface area contributed by atoms with Crippen molar-refractivity contribution >= 4 is 0 Å². The highest BCUT2D eigenvalue weighted by molar-refractivity contribution is 5.38. The molecule has 3 heteroatoms. The second kappa shape index (κ2) is 6.02. The molecule has 0 radical (unpaired) electrons. The first-order valence-electron chi connectivity index (χ1n) is 6.98. The van der Waals surface area contributed by atoms with Gasteiger partial charge in [0.1, 0.15) is 0 Å². The highest BCUT2D eigenvalue weighted by Gasteiger charge is 2.13. The van der Waals surface area contributed by atoms with Gasteiger partial charge in [-0.1, -0.05) is 19.1 Å². The molecule has 0 spiro atoms. The lowest BCUT2D eigenvalue weighted by Gasteiger charge is -2.13. The van der Waals surface area contributed by atoms with Crippen LogP contribution in [0, 0.1) is 13.8 Å². The molecular formula is C16H23N3. The zero-order valence-electron chi connectivity index (χ0n) is 12.3.